The molecule has 6 nitrogen and oxygen atoms in total. The first-order chi connectivity index (χ1) is 11.2. The Labute approximate surface area is 142 Å². The van der Waals surface area contributed by atoms with Gasteiger partial charge in [0.1, 0.15) is 0 Å². The zero-order valence-electron chi connectivity index (χ0n) is 14.2. The molecule has 0 spiro atoms. The lowest BCUT2D eigenvalue weighted by molar-refractivity contribution is -0.154. The maximum atomic E-state index is 12.0. The van der Waals surface area contributed by atoms with Gasteiger partial charge in [-0.2, -0.15) is 0 Å². The number of aryl methyl sites for hydroxylation is 2. The van der Waals surface area contributed by atoms with Crippen LogP contribution in [-0.2, 0) is 30.6 Å². The highest BCUT2D eigenvalue weighted by Gasteiger charge is 2.30. The number of hydrogen-bond donors (Lipinski definition) is 1. The predicted octanol–water partition coefficient (Wildman–Crippen LogP) is 1.08. The third-order valence-corrected chi connectivity index (χ3v) is 5.94. The molecular weight excluding hydrogens is 330 g/mol. The van der Waals surface area contributed by atoms with E-state index in [1.807, 2.05) is 32.0 Å². The van der Waals surface area contributed by atoms with Crippen LogP contribution in [0.4, 0.5) is 0 Å². The van der Waals surface area contributed by atoms with E-state index in [0.29, 0.717) is 6.42 Å². The lowest BCUT2D eigenvalue weighted by Crippen LogP contribution is -2.42. The van der Waals surface area contributed by atoms with Gasteiger partial charge in [0.25, 0.3) is 5.91 Å². The van der Waals surface area contributed by atoms with Crippen molar-refractivity contribution in [3.8, 4) is 0 Å². The average Bonchev–Trinajstić information content (AvgIpc) is 2.81. The molecule has 1 saturated heterocycles. The number of nitrogens with one attached hydrogen (secondary N) is 1. The van der Waals surface area contributed by atoms with Crippen molar-refractivity contribution in [1.82, 2.24) is 5.32 Å². The summed E-state index contributed by atoms with van der Waals surface area (Å²) in [6.45, 7) is 5.44. The zero-order chi connectivity index (χ0) is 17.9. The molecule has 0 aliphatic carbocycles. The SMILES string of the molecule is Cc1ccc(CC(=O)O[C@@H](C)C(=O)N[C@H]2CCS(=O)(=O)C2)cc1C. The fourth-order valence-corrected chi connectivity index (χ4v) is 4.27. The van der Waals surface area contributed by atoms with Crippen LogP contribution in [0.15, 0.2) is 18.2 Å². The summed E-state index contributed by atoms with van der Waals surface area (Å²) in [5.74, 6) is -0.925. The van der Waals surface area contributed by atoms with Gasteiger partial charge in [0, 0.05) is 6.04 Å². The maximum Gasteiger partial charge on any atom is 0.311 e. The summed E-state index contributed by atoms with van der Waals surface area (Å²) < 4.78 is 27.9. The molecule has 1 aliphatic heterocycles. The van der Waals surface area contributed by atoms with Crippen LogP contribution in [0.25, 0.3) is 0 Å². The molecule has 2 rings (SSSR count). The lowest BCUT2D eigenvalue weighted by atomic mass is 10.0. The monoisotopic (exact) mass is 353 g/mol. The molecular formula is C17H23NO5S. The second kappa shape index (κ2) is 7.34. The van der Waals surface area contributed by atoms with Gasteiger partial charge in [-0.1, -0.05) is 18.2 Å². The Hall–Kier alpha value is -1.89. The highest BCUT2D eigenvalue weighted by Crippen LogP contribution is 2.13. The van der Waals surface area contributed by atoms with Gasteiger partial charge in [-0.3, -0.25) is 9.59 Å². The molecule has 132 valence electrons. The third-order valence-electron chi connectivity index (χ3n) is 4.18. The first-order valence-corrected chi connectivity index (χ1v) is 9.75. The Bertz CT molecular complexity index is 741. The number of benzene rings is 1. The minimum Gasteiger partial charge on any atom is -0.452 e. The number of amides is 1. The minimum absolute atomic E-state index is 0.0535. The summed E-state index contributed by atoms with van der Waals surface area (Å²) in [6.07, 6.45) is -0.458. The molecule has 24 heavy (non-hydrogen) atoms. The molecule has 1 N–H and O–H groups in total. The summed E-state index contributed by atoms with van der Waals surface area (Å²) in [7, 11) is -3.06. The van der Waals surface area contributed by atoms with E-state index in [2.05, 4.69) is 5.32 Å². The van der Waals surface area contributed by atoms with Crippen molar-refractivity contribution >= 4 is 21.7 Å². The normalized spacial score (nSPS) is 20.4. The predicted molar refractivity (Wildman–Crippen MR) is 90.4 cm³/mol. The Morgan fingerprint density at radius 1 is 1.29 bits per heavy atom. The van der Waals surface area contributed by atoms with Gasteiger partial charge >= 0.3 is 5.97 Å². The van der Waals surface area contributed by atoms with E-state index in [0.717, 1.165) is 16.7 Å². The Morgan fingerprint density at radius 3 is 2.58 bits per heavy atom. The maximum absolute atomic E-state index is 12.0. The van der Waals surface area contributed by atoms with Gasteiger partial charge < -0.3 is 10.1 Å². The Morgan fingerprint density at radius 2 is 2.00 bits per heavy atom. The molecule has 1 amide bonds. The van der Waals surface area contributed by atoms with Gasteiger partial charge in [0.2, 0.25) is 0 Å². The summed E-state index contributed by atoms with van der Waals surface area (Å²) in [4.78, 5) is 24.0. The molecule has 1 aromatic rings. The van der Waals surface area contributed by atoms with Crippen LogP contribution in [0.2, 0.25) is 0 Å². The molecule has 0 aromatic heterocycles. The molecule has 2 atom stereocenters. The van der Waals surface area contributed by atoms with Crippen LogP contribution in [0.3, 0.4) is 0 Å². The van der Waals surface area contributed by atoms with Crippen molar-refractivity contribution in [1.29, 1.82) is 0 Å². The molecule has 0 unspecified atom stereocenters. The van der Waals surface area contributed by atoms with E-state index in [4.69, 9.17) is 4.74 Å². The molecule has 1 fully saturated rings. The van der Waals surface area contributed by atoms with Gasteiger partial charge in [-0.25, -0.2) is 8.42 Å². The van der Waals surface area contributed by atoms with E-state index >= 15 is 0 Å². The number of esters is 1. The van der Waals surface area contributed by atoms with E-state index in [-0.39, 0.29) is 17.9 Å². The fraction of sp³-hybridized carbons (Fsp3) is 0.529. The minimum atomic E-state index is -3.06. The van der Waals surface area contributed by atoms with Crippen molar-refractivity contribution in [2.24, 2.45) is 0 Å². The van der Waals surface area contributed by atoms with E-state index in [1.54, 1.807) is 0 Å². The summed E-state index contributed by atoms with van der Waals surface area (Å²) in [5, 5.41) is 2.62. The van der Waals surface area contributed by atoms with Crippen molar-refractivity contribution < 1.29 is 22.7 Å². The molecule has 0 bridgehead atoms. The molecule has 7 heteroatoms. The second-order valence-corrected chi connectivity index (χ2v) is 8.56. The van der Waals surface area contributed by atoms with Crippen molar-refractivity contribution in [2.45, 2.75) is 45.8 Å². The highest BCUT2D eigenvalue weighted by molar-refractivity contribution is 7.91. The molecule has 1 aliphatic rings. The Balaban J connectivity index is 1.84. The van der Waals surface area contributed by atoms with Gasteiger partial charge in [-0.15, -0.1) is 0 Å². The topological polar surface area (TPSA) is 89.5 Å². The number of sulfone groups is 1. The first kappa shape index (κ1) is 18.4. The largest absolute Gasteiger partial charge is 0.452 e. The average molecular weight is 353 g/mol. The Kier molecular flexibility index (Phi) is 5.64. The lowest BCUT2D eigenvalue weighted by Gasteiger charge is -2.16. The van der Waals surface area contributed by atoms with Crippen LogP contribution < -0.4 is 5.32 Å². The van der Waals surface area contributed by atoms with Crippen molar-refractivity contribution in [2.75, 3.05) is 11.5 Å². The van der Waals surface area contributed by atoms with Gasteiger partial charge in [0.05, 0.1) is 17.9 Å². The van der Waals surface area contributed by atoms with Crippen molar-refractivity contribution in [3.63, 3.8) is 0 Å². The van der Waals surface area contributed by atoms with Crippen LogP contribution in [0.5, 0.6) is 0 Å². The molecule has 0 radical (unpaired) electrons. The zero-order valence-corrected chi connectivity index (χ0v) is 15.0. The molecule has 0 saturated carbocycles. The first-order valence-electron chi connectivity index (χ1n) is 7.93. The standard InChI is InChI=1S/C17H23NO5S/c1-11-4-5-14(8-12(11)2)9-16(19)23-13(3)17(20)18-15-6-7-24(21,22)10-15/h4-5,8,13,15H,6-7,9-10H2,1-3H3,(H,18,20)/t13-,15-/m0/s1. The van der Waals surface area contributed by atoms with Crippen molar-refractivity contribution in [3.05, 3.63) is 34.9 Å². The number of carbonyl (C=O) groups excluding carboxylic acids is 2. The number of ether oxygens (including phenoxy) is 1. The van der Waals surface area contributed by atoms with E-state index in [9.17, 15) is 18.0 Å². The second-order valence-electron chi connectivity index (χ2n) is 6.34. The summed E-state index contributed by atoms with van der Waals surface area (Å²) in [6, 6.07) is 5.32. The van der Waals surface area contributed by atoms with Crippen LogP contribution in [0.1, 0.15) is 30.0 Å². The quantitative estimate of drug-likeness (QED) is 0.800. The van der Waals surface area contributed by atoms with Crippen LogP contribution in [0, 0.1) is 13.8 Å². The number of hydrogen-bond acceptors (Lipinski definition) is 5. The van der Waals surface area contributed by atoms with Gasteiger partial charge in [-0.05, 0) is 43.9 Å². The van der Waals surface area contributed by atoms with Crippen LogP contribution in [-0.4, -0.2) is 43.9 Å². The summed E-state index contributed by atoms with van der Waals surface area (Å²) >= 11 is 0. The van der Waals surface area contributed by atoms with E-state index < -0.39 is 33.9 Å². The van der Waals surface area contributed by atoms with Gasteiger partial charge in [0.15, 0.2) is 15.9 Å². The van der Waals surface area contributed by atoms with Crippen LogP contribution >= 0.6 is 0 Å². The molecule has 1 heterocycles. The molecule has 1 aromatic carbocycles. The third kappa shape index (κ3) is 5.06. The van der Waals surface area contributed by atoms with E-state index in [1.165, 1.54) is 6.92 Å². The number of rotatable bonds is 5. The fourth-order valence-electron chi connectivity index (χ4n) is 2.60. The smallest absolute Gasteiger partial charge is 0.311 e. The number of carbonyl (C=O) groups is 2. The summed E-state index contributed by atoms with van der Waals surface area (Å²) in [5.41, 5.74) is 3.07. The highest BCUT2D eigenvalue weighted by atomic mass is 32.2.